The largest absolute Gasteiger partial charge is 0.377 e. The van der Waals surface area contributed by atoms with E-state index in [0.717, 1.165) is 0 Å². The summed E-state index contributed by atoms with van der Waals surface area (Å²) in [6.45, 7) is 3.80. The van der Waals surface area contributed by atoms with Crippen molar-refractivity contribution >= 4 is 10.0 Å². The van der Waals surface area contributed by atoms with Crippen LogP contribution in [0.1, 0.15) is 20.8 Å². The summed E-state index contributed by atoms with van der Waals surface area (Å²) in [6.07, 6.45) is -2.76. The fourth-order valence-electron chi connectivity index (χ4n) is 0.972. The summed E-state index contributed by atoms with van der Waals surface area (Å²) in [7, 11) is -3.77. The Hall–Kier alpha value is -0.270. The van der Waals surface area contributed by atoms with Crippen LogP contribution in [0.3, 0.4) is 0 Å². The molecule has 0 saturated carbocycles. The Labute approximate surface area is 88.0 Å². The summed E-state index contributed by atoms with van der Waals surface area (Å²) in [5.74, 6) is 0. The zero-order valence-electron chi connectivity index (χ0n) is 8.88. The van der Waals surface area contributed by atoms with Crippen molar-refractivity contribution < 1.29 is 21.9 Å². The van der Waals surface area contributed by atoms with E-state index in [9.17, 15) is 17.2 Å². The molecule has 0 amide bonds. The number of hydrogen-bond donors (Lipinski definition) is 1. The number of nitrogens with one attached hydrogen (secondary N) is 1. The molecule has 0 aromatic rings. The number of sulfonamides is 1. The van der Waals surface area contributed by atoms with Crippen molar-refractivity contribution in [2.75, 3.05) is 13.2 Å². The van der Waals surface area contributed by atoms with Gasteiger partial charge in [-0.25, -0.2) is 17.2 Å². The molecule has 1 rings (SSSR count). The molecule has 0 aromatic carbocycles. The van der Waals surface area contributed by atoms with Gasteiger partial charge in [0.15, 0.2) is 0 Å². The normalized spacial score (nSPS) is 21.5. The molecule has 0 unspecified atom stereocenters. The summed E-state index contributed by atoms with van der Waals surface area (Å²) in [5.41, 5.74) is -1.73. The van der Waals surface area contributed by atoms with Crippen LogP contribution >= 0.6 is 0 Å². The van der Waals surface area contributed by atoms with Crippen LogP contribution in [0, 0.1) is 0 Å². The van der Waals surface area contributed by atoms with Gasteiger partial charge in [-0.05, 0) is 20.8 Å². The highest BCUT2D eigenvalue weighted by Gasteiger charge is 2.51. The Kier molecular flexibility index (Phi) is 3.10. The van der Waals surface area contributed by atoms with Crippen molar-refractivity contribution in [1.82, 2.24) is 4.72 Å². The van der Waals surface area contributed by atoms with Gasteiger partial charge in [-0.2, -0.15) is 4.72 Å². The summed E-state index contributed by atoms with van der Waals surface area (Å²) < 4.78 is 54.2. The quantitative estimate of drug-likeness (QED) is 0.795. The van der Waals surface area contributed by atoms with Gasteiger partial charge in [-0.3, -0.25) is 0 Å². The van der Waals surface area contributed by atoms with E-state index in [0.29, 0.717) is 0 Å². The second-order valence-corrected chi connectivity index (χ2v) is 7.10. The predicted octanol–water partition coefficient (Wildman–Crippen LogP) is 0.738. The smallest absolute Gasteiger partial charge is 0.261 e. The maximum atomic E-state index is 12.6. The van der Waals surface area contributed by atoms with E-state index in [-0.39, 0.29) is 13.2 Å². The summed E-state index contributed by atoms with van der Waals surface area (Å²) in [5, 5.41) is 0. The van der Waals surface area contributed by atoms with Crippen molar-refractivity contribution in [2.45, 2.75) is 37.5 Å². The molecular formula is C8H15F2NO3S. The minimum absolute atomic E-state index is 0.278. The van der Waals surface area contributed by atoms with Gasteiger partial charge < -0.3 is 4.74 Å². The van der Waals surface area contributed by atoms with E-state index in [1.165, 1.54) is 20.8 Å². The Morgan fingerprint density at radius 3 is 2.00 bits per heavy atom. The van der Waals surface area contributed by atoms with Gasteiger partial charge in [-0.15, -0.1) is 0 Å². The minimum atomic E-state index is -3.77. The van der Waals surface area contributed by atoms with Crippen molar-refractivity contribution in [3.63, 3.8) is 0 Å². The lowest BCUT2D eigenvalue weighted by Gasteiger charge is -2.42. The Bertz CT molecular complexity index is 330. The van der Waals surface area contributed by atoms with E-state index < -0.39 is 26.7 Å². The molecule has 0 atom stereocenters. The van der Waals surface area contributed by atoms with Crippen LogP contribution in [0.2, 0.25) is 0 Å². The van der Waals surface area contributed by atoms with E-state index in [4.69, 9.17) is 0 Å². The molecular weight excluding hydrogens is 228 g/mol. The van der Waals surface area contributed by atoms with Gasteiger partial charge in [-0.1, -0.05) is 0 Å². The number of ether oxygens (including phenoxy) is 1. The molecule has 0 bridgehead atoms. The van der Waals surface area contributed by atoms with Crippen molar-refractivity contribution in [2.24, 2.45) is 0 Å². The van der Waals surface area contributed by atoms with Gasteiger partial charge in [0, 0.05) is 0 Å². The van der Waals surface area contributed by atoms with Crippen LogP contribution in [0.15, 0.2) is 0 Å². The van der Waals surface area contributed by atoms with Gasteiger partial charge in [0.1, 0.15) is 5.54 Å². The molecule has 0 aromatic heterocycles. The van der Waals surface area contributed by atoms with Gasteiger partial charge in [0.05, 0.1) is 18.0 Å². The highest BCUT2D eigenvalue weighted by molar-refractivity contribution is 7.90. The molecule has 1 heterocycles. The van der Waals surface area contributed by atoms with E-state index in [1.54, 1.807) is 0 Å². The van der Waals surface area contributed by atoms with Crippen LogP contribution in [-0.4, -0.2) is 38.3 Å². The van der Waals surface area contributed by atoms with Crippen LogP contribution < -0.4 is 4.72 Å². The summed E-state index contributed by atoms with van der Waals surface area (Å²) in [6, 6.07) is 0. The Morgan fingerprint density at radius 2 is 1.80 bits per heavy atom. The highest BCUT2D eigenvalue weighted by atomic mass is 32.2. The van der Waals surface area contributed by atoms with Crippen LogP contribution in [-0.2, 0) is 14.8 Å². The first-order valence-electron chi connectivity index (χ1n) is 4.50. The SMILES string of the molecule is CC(C)(C)S(=O)(=O)NC1(C(F)F)COC1. The van der Waals surface area contributed by atoms with Crippen molar-refractivity contribution in [3.8, 4) is 0 Å². The monoisotopic (exact) mass is 243 g/mol. The molecule has 1 N–H and O–H groups in total. The van der Waals surface area contributed by atoms with Gasteiger partial charge >= 0.3 is 0 Å². The number of hydrogen-bond acceptors (Lipinski definition) is 3. The molecule has 0 spiro atoms. The first-order valence-corrected chi connectivity index (χ1v) is 5.98. The lowest BCUT2D eigenvalue weighted by molar-refractivity contribution is -0.134. The maximum Gasteiger partial charge on any atom is 0.261 e. The first kappa shape index (κ1) is 12.8. The molecule has 1 aliphatic rings. The lowest BCUT2D eigenvalue weighted by Crippen LogP contribution is -2.68. The molecule has 1 saturated heterocycles. The Morgan fingerprint density at radius 1 is 1.33 bits per heavy atom. The molecule has 0 aliphatic carbocycles. The molecule has 7 heteroatoms. The topological polar surface area (TPSA) is 55.4 Å². The fourth-order valence-corrected chi connectivity index (χ4v) is 2.02. The second kappa shape index (κ2) is 3.64. The third-order valence-electron chi connectivity index (χ3n) is 2.28. The predicted molar refractivity (Wildman–Crippen MR) is 51.4 cm³/mol. The Balaban J connectivity index is 2.86. The zero-order valence-corrected chi connectivity index (χ0v) is 9.70. The fraction of sp³-hybridized carbons (Fsp3) is 1.00. The zero-order chi connectivity index (χ0) is 11.9. The molecule has 15 heavy (non-hydrogen) atoms. The van der Waals surface area contributed by atoms with Crippen LogP contribution in [0.25, 0.3) is 0 Å². The highest BCUT2D eigenvalue weighted by Crippen LogP contribution is 2.28. The van der Waals surface area contributed by atoms with Crippen molar-refractivity contribution in [3.05, 3.63) is 0 Å². The van der Waals surface area contributed by atoms with Crippen LogP contribution in [0.5, 0.6) is 0 Å². The third kappa shape index (κ3) is 2.29. The molecule has 1 aliphatic heterocycles. The van der Waals surface area contributed by atoms with Crippen molar-refractivity contribution in [1.29, 1.82) is 0 Å². The van der Waals surface area contributed by atoms with Crippen LogP contribution in [0.4, 0.5) is 8.78 Å². The van der Waals surface area contributed by atoms with E-state index in [1.807, 2.05) is 4.72 Å². The number of alkyl halides is 2. The van der Waals surface area contributed by atoms with Gasteiger partial charge in [0.2, 0.25) is 10.0 Å². The molecule has 0 radical (unpaired) electrons. The lowest BCUT2D eigenvalue weighted by atomic mass is 10.0. The second-order valence-electron chi connectivity index (χ2n) is 4.67. The molecule has 4 nitrogen and oxygen atoms in total. The number of rotatable bonds is 3. The summed E-state index contributed by atoms with van der Waals surface area (Å²) in [4.78, 5) is 0. The number of halogens is 2. The molecule has 1 fully saturated rings. The standard InChI is InChI=1S/C8H15F2NO3S/c1-7(2,3)15(12,13)11-8(6(9)10)4-14-5-8/h6,11H,4-5H2,1-3H3. The average molecular weight is 243 g/mol. The average Bonchev–Trinajstić information content (AvgIpc) is 1.93. The van der Waals surface area contributed by atoms with E-state index >= 15 is 0 Å². The minimum Gasteiger partial charge on any atom is -0.377 e. The summed E-state index contributed by atoms with van der Waals surface area (Å²) >= 11 is 0. The van der Waals surface area contributed by atoms with E-state index in [2.05, 4.69) is 4.74 Å². The first-order chi connectivity index (χ1) is 6.61. The third-order valence-corrected chi connectivity index (χ3v) is 4.57. The molecule has 90 valence electrons. The van der Waals surface area contributed by atoms with Gasteiger partial charge in [0.25, 0.3) is 6.43 Å². The maximum absolute atomic E-state index is 12.6.